The standard InChI is InChI=1S/C23H30FN3O2S/c1-5-19(27-30(28)23(2,3)4)15-10-20(14-6-8-16(24)9-7-14)26-21(11-15)29-22-17-12-25-13-18(17)22/h6-11,17-19,22,25,27H,5,12-13H2,1-4H3/t17-,18+,19?,22+,30?. The average Bonchev–Trinajstić information content (AvgIpc) is 3.11. The molecule has 1 aliphatic heterocycles. The summed E-state index contributed by atoms with van der Waals surface area (Å²) in [4.78, 5) is 4.72. The summed E-state index contributed by atoms with van der Waals surface area (Å²) in [5.74, 6) is 1.41. The molecule has 0 amide bonds. The number of fused-ring (bicyclic) bond motifs is 1. The Kier molecular flexibility index (Phi) is 6.08. The van der Waals surface area contributed by atoms with Gasteiger partial charge in [-0.1, -0.05) is 6.92 Å². The van der Waals surface area contributed by atoms with Gasteiger partial charge in [-0.25, -0.2) is 9.37 Å². The Morgan fingerprint density at radius 2 is 1.90 bits per heavy atom. The molecular weight excluding hydrogens is 401 g/mol. The van der Waals surface area contributed by atoms with E-state index in [4.69, 9.17) is 9.72 Å². The van der Waals surface area contributed by atoms with Crippen LogP contribution in [0.3, 0.4) is 0 Å². The molecule has 30 heavy (non-hydrogen) atoms. The zero-order valence-corrected chi connectivity index (χ0v) is 18.8. The molecule has 2 aliphatic rings. The molecule has 7 heteroatoms. The van der Waals surface area contributed by atoms with E-state index in [1.54, 1.807) is 12.1 Å². The second-order valence-corrected chi connectivity index (χ2v) is 11.2. The van der Waals surface area contributed by atoms with Gasteiger partial charge in [-0.2, -0.15) is 0 Å². The number of piperidine rings is 1. The molecule has 162 valence electrons. The molecule has 1 aromatic carbocycles. The molecule has 2 aromatic rings. The van der Waals surface area contributed by atoms with Crippen LogP contribution >= 0.6 is 0 Å². The number of ether oxygens (including phenoxy) is 1. The molecule has 1 saturated heterocycles. The highest BCUT2D eigenvalue weighted by atomic mass is 32.2. The summed E-state index contributed by atoms with van der Waals surface area (Å²) in [6.07, 6.45) is 0.971. The van der Waals surface area contributed by atoms with E-state index in [-0.39, 0.29) is 22.7 Å². The topological polar surface area (TPSA) is 69.2 Å². The SMILES string of the molecule is CCC(N[S+]([O-])C(C)(C)C)c1cc(O[C@H]2[C@@H]3CNC[C@@H]32)nc(-c2ccc(F)cc2)c1. The summed E-state index contributed by atoms with van der Waals surface area (Å²) in [6, 6.07) is 10.2. The Morgan fingerprint density at radius 1 is 1.23 bits per heavy atom. The van der Waals surface area contributed by atoms with Gasteiger partial charge in [0.15, 0.2) is 0 Å². The van der Waals surface area contributed by atoms with Gasteiger partial charge in [-0.3, -0.25) is 0 Å². The van der Waals surface area contributed by atoms with Gasteiger partial charge in [0.05, 0.1) is 11.7 Å². The fourth-order valence-electron chi connectivity index (χ4n) is 3.92. The first-order valence-electron chi connectivity index (χ1n) is 10.6. The van der Waals surface area contributed by atoms with Crippen molar-refractivity contribution in [3.63, 3.8) is 0 Å². The first-order chi connectivity index (χ1) is 14.3. The minimum absolute atomic E-state index is 0.102. The lowest BCUT2D eigenvalue weighted by Crippen LogP contribution is -2.41. The van der Waals surface area contributed by atoms with Crippen molar-refractivity contribution in [1.29, 1.82) is 0 Å². The van der Waals surface area contributed by atoms with E-state index >= 15 is 0 Å². The first-order valence-corrected chi connectivity index (χ1v) is 11.7. The maximum atomic E-state index is 13.4. The maximum absolute atomic E-state index is 13.4. The fraction of sp³-hybridized carbons (Fsp3) is 0.522. The zero-order chi connectivity index (χ0) is 21.5. The summed E-state index contributed by atoms with van der Waals surface area (Å²) in [5.41, 5.74) is 2.53. The molecule has 0 bridgehead atoms. The molecule has 2 unspecified atom stereocenters. The summed E-state index contributed by atoms with van der Waals surface area (Å²) < 4.78 is 35.3. The molecule has 0 spiro atoms. The number of hydrogen-bond donors (Lipinski definition) is 2. The Labute approximate surface area is 181 Å². The molecule has 5 atom stereocenters. The van der Waals surface area contributed by atoms with Crippen molar-refractivity contribution in [2.24, 2.45) is 11.8 Å². The fourth-order valence-corrected chi connectivity index (χ4v) is 4.84. The van der Waals surface area contributed by atoms with E-state index < -0.39 is 11.4 Å². The third-order valence-corrected chi connectivity index (χ3v) is 7.46. The van der Waals surface area contributed by atoms with Gasteiger partial charge in [-0.15, -0.1) is 4.72 Å². The summed E-state index contributed by atoms with van der Waals surface area (Å²) in [7, 11) is 0. The minimum atomic E-state index is -1.20. The van der Waals surface area contributed by atoms with Gasteiger partial charge in [0, 0.05) is 47.9 Å². The molecule has 1 saturated carbocycles. The van der Waals surface area contributed by atoms with E-state index in [0.717, 1.165) is 36.3 Å². The lowest BCUT2D eigenvalue weighted by Gasteiger charge is -2.28. The van der Waals surface area contributed by atoms with Gasteiger partial charge in [-0.05, 0) is 63.1 Å². The van der Waals surface area contributed by atoms with Crippen LogP contribution in [0.1, 0.15) is 45.7 Å². The van der Waals surface area contributed by atoms with Crippen LogP contribution in [0, 0.1) is 17.7 Å². The van der Waals surface area contributed by atoms with Crippen LogP contribution in [-0.2, 0) is 11.4 Å². The normalized spacial score (nSPS) is 24.9. The number of nitrogens with one attached hydrogen (secondary N) is 2. The van der Waals surface area contributed by atoms with Crippen molar-refractivity contribution < 1.29 is 13.7 Å². The molecule has 5 nitrogen and oxygen atoms in total. The largest absolute Gasteiger partial charge is 0.598 e. The molecule has 1 aromatic heterocycles. The number of hydrogen-bond acceptors (Lipinski definition) is 5. The van der Waals surface area contributed by atoms with Gasteiger partial charge in [0.1, 0.15) is 16.7 Å². The first kappa shape index (κ1) is 21.6. The second-order valence-electron chi connectivity index (χ2n) is 9.16. The highest BCUT2D eigenvalue weighted by molar-refractivity contribution is 7.90. The van der Waals surface area contributed by atoms with Crippen molar-refractivity contribution in [2.75, 3.05) is 13.1 Å². The van der Waals surface area contributed by atoms with Gasteiger partial charge in [0.2, 0.25) is 5.88 Å². The Bertz CT molecular complexity index is 877. The van der Waals surface area contributed by atoms with E-state index in [0.29, 0.717) is 17.7 Å². The molecule has 1 aliphatic carbocycles. The van der Waals surface area contributed by atoms with Gasteiger partial charge >= 0.3 is 0 Å². The number of rotatable bonds is 7. The van der Waals surface area contributed by atoms with E-state index in [2.05, 4.69) is 17.0 Å². The van der Waals surface area contributed by atoms with Crippen LogP contribution in [0.25, 0.3) is 11.3 Å². The Balaban J connectivity index is 1.64. The third kappa shape index (κ3) is 4.64. The van der Waals surface area contributed by atoms with E-state index in [9.17, 15) is 8.94 Å². The Morgan fingerprint density at radius 3 is 2.50 bits per heavy atom. The number of nitrogens with zero attached hydrogens (tertiary/aromatic N) is 1. The lowest BCUT2D eigenvalue weighted by molar-refractivity contribution is 0.251. The monoisotopic (exact) mass is 431 g/mol. The van der Waals surface area contributed by atoms with Gasteiger partial charge < -0.3 is 14.6 Å². The molecule has 2 heterocycles. The molecule has 2 fully saturated rings. The van der Waals surface area contributed by atoms with Crippen LogP contribution in [0.5, 0.6) is 5.88 Å². The number of halogens is 1. The minimum Gasteiger partial charge on any atom is -0.598 e. The second kappa shape index (κ2) is 8.46. The van der Waals surface area contributed by atoms with E-state index in [1.807, 2.05) is 32.9 Å². The van der Waals surface area contributed by atoms with Crippen LogP contribution in [0.4, 0.5) is 4.39 Å². The highest BCUT2D eigenvalue weighted by Crippen LogP contribution is 2.44. The highest BCUT2D eigenvalue weighted by Gasteiger charge is 2.55. The molecular formula is C23H30FN3O2S. The molecule has 0 radical (unpaired) electrons. The van der Waals surface area contributed by atoms with Crippen molar-refractivity contribution in [1.82, 2.24) is 15.0 Å². The van der Waals surface area contributed by atoms with Crippen LogP contribution in [0.2, 0.25) is 0 Å². The predicted molar refractivity (Wildman–Crippen MR) is 118 cm³/mol. The van der Waals surface area contributed by atoms with Crippen molar-refractivity contribution in [2.45, 2.75) is 51.0 Å². The van der Waals surface area contributed by atoms with Crippen molar-refractivity contribution in [3.05, 3.63) is 47.8 Å². The van der Waals surface area contributed by atoms with Crippen LogP contribution in [0.15, 0.2) is 36.4 Å². The van der Waals surface area contributed by atoms with Crippen LogP contribution in [-0.4, -0.2) is 33.5 Å². The summed E-state index contributed by atoms with van der Waals surface area (Å²) in [5, 5.41) is 3.37. The summed E-state index contributed by atoms with van der Waals surface area (Å²) >= 11 is -1.20. The van der Waals surface area contributed by atoms with Crippen molar-refractivity contribution >= 4 is 11.4 Å². The number of aromatic nitrogens is 1. The van der Waals surface area contributed by atoms with E-state index in [1.165, 1.54) is 12.1 Å². The summed E-state index contributed by atoms with van der Waals surface area (Å²) in [6.45, 7) is 9.90. The third-order valence-electron chi connectivity index (χ3n) is 5.85. The smallest absolute Gasteiger partial charge is 0.214 e. The van der Waals surface area contributed by atoms with Crippen LogP contribution < -0.4 is 14.8 Å². The molecule has 2 N–H and O–H groups in total. The number of pyridine rings is 1. The Hall–Kier alpha value is -1.67. The number of benzene rings is 1. The lowest BCUT2D eigenvalue weighted by atomic mass is 10.0. The quantitative estimate of drug-likeness (QED) is 0.649. The van der Waals surface area contributed by atoms with Crippen molar-refractivity contribution in [3.8, 4) is 17.1 Å². The predicted octanol–water partition coefficient (Wildman–Crippen LogP) is 3.99. The average molecular weight is 432 g/mol. The van der Waals surface area contributed by atoms with Gasteiger partial charge in [0.25, 0.3) is 0 Å². The maximum Gasteiger partial charge on any atom is 0.214 e. The zero-order valence-electron chi connectivity index (χ0n) is 17.9. The molecule has 4 rings (SSSR count).